The van der Waals surface area contributed by atoms with Crippen molar-refractivity contribution in [2.24, 2.45) is 0 Å². The van der Waals surface area contributed by atoms with Gasteiger partial charge in [0.2, 0.25) is 0 Å². The maximum Gasteiger partial charge on any atom is 0.331 e. The molecule has 0 spiro atoms. The van der Waals surface area contributed by atoms with Crippen LogP contribution in [-0.4, -0.2) is 16.1 Å². The van der Waals surface area contributed by atoms with Crippen LogP contribution in [-0.2, 0) is 4.79 Å². The Morgan fingerprint density at radius 3 is 2.76 bits per heavy atom. The maximum atomic E-state index is 11.0. The molecule has 0 aromatic carbocycles. The van der Waals surface area contributed by atoms with Gasteiger partial charge in [-0.1, -0.05) is 5.57 Å². The fourth-order valence-electron chi connectivity index (χ4n) is 2.48. The minimum atomic E-state index is -0.782. The molecule has 1 atom stereocenters. The topological polar surface area (TPSA) is 50.2 Å². The first-order chi connectivity index (χ1) is 8.18. The van der Waals surface area contributed by atoms with Crippen LogP contribution in [0.1, 0.15) is 44.1 Å². The van der Waals surface area contributed by atoms with Crippen molar-refractivity contribution in [2.75, 3.05) is 0 Å². The average Bonchev–Trinajstić information content (AvgIpc) is 2.39. The molecule has 1 aromatic heterocycles. The van der Waals surface area contributed by atoms with Crippen molar-refractivity contribution < 1.29 is 9.90 Å². The van der Waals surface area contributed by atoms with Crippen molar-refractivity contribution in [2.45, 2.75) is 38.5 Å². The summed E-state index contributed by atoms with van der Waals surface area (Å²) in [5.41, 5.74) is 2.91. The molecule has 1 aliphatic rings. The van der Waals surface area contributed by atoms with Crippen LogP contribution in [0.25, 0.3) is 0 Å². The summed E-state index contributed by atoms with van der Waals surface area (Å²) < 4.78 is 0. The van der Waals surface area contributed by atoms with Gasteiger partial charge in [-0.15, -0.1) is 0 Å². The molecule has 1 unspecified atom stereocenters. The van der Waals surface area contributed by atoms with Gasteiger partial charge in [0.25, 0.3) is 0 Å². The van der Waals surface area contributed by atoms with Crippen LogP contribution in [0, 0.1) is 0 Å². The van der Waals surface area contributed by atoms with Crippen molar-refractivity contribution in [3.05, 3.63) is 41.2 Å². The lowest BCUT2D eigenvalue weighted by molar-refractivity contribution is -0.132. The predicted octanol–water partition coefficient (Wildman–Crippen LogP) is 3.14. The van der Waals surface area contributed by atoms with Gasteiger partial charge in [0, 0.05) is 18.0 Å². The molecule has 3 nitrogen and oxygen atoms in total. The van der Waals surface area contributed by atoms with Crippen molar-refractivity contribution in [1.29, 1.82) is 0 Å². The van der Waals surface area contributed by atoms with Crippen molar-refractivity contribution >= 4 is 5.97 Å². The first-order valence-corrected chi connectivity index (χ1v) is 6.00. The second-order valence-corrected chi connectivity index (χ2v) is 4.61. The third-order valence-corrected chi connectivity index (χ3v) is 3.55. The predicted molar refractivity (Wildman–Crippen MR) is 65.8 cm³/mol. The zero-order chi connectivity index (χ0) is 12.3. The molecular formula is C14H17NO2. The molecule has 0 saturated heterocycles. The number of rotatable bonds is 2. The molecule has 1 aliphatic carbocycles. The summed E-state index contributed by atoms with van der Waals surface area (Å²) in [4.78, 5) is 15.0. The van der Waals surface area contributed by atoms with Gasteiger partial charge in [-0.2, -0.15) is 0 Å². The number of pyridine rings is 1. The molecule has 90 valence electrons. The average molecular weight is 231 g/mol. The van der Waals surface area contributed by atoms with E-state index in [2.05, 4.69) is 4.98 Å². The highest BCUT2D eigenvalue weighted by Crippen LogP contribution is 2.36. The minimum absolute atomic E-state index is 0.455. The third kappa shape index (κ3) is 2.73. The van der Waals surface area contributed by atoms with Crippen molar-refractivity contribution in [3.63, 3.8) is 0 Å². The van der Waals surface area contributed by atoms with E-state index >= 15 is 0 Å². The summed E-state index contributed by atoms with van der Waals surface area (Å²) in [6, 6.07) is 4.06. The Morgan fingerprint density at radius 2 is 2.12 bits per heavy atom. The number of allylic oxidation sites excluding steroid dienone is 1. The van der Waals surface area contributed by atoms with Crippen LogP contribution >= 0.6 is 0 Å². The summed E-state index contributed by atoms with van der Waals surface area (Å²) in [6.07, 6.45) is 7.63. The molecule has 0 amide bonds. The summed E-state index contributed by atoms with van der Waals surface area (Å²) in [5.74, 6) is -0.327. The van der Waals surface area contributed by atoms with Gasteiger partial charge in [0.15, 0.2) is 0 Å². The highest BCUT2D eigenvalue weighted by atomic mass is 16.4. The van der Waals surface area contributed by atoms with E-state index in [-0.39, 0.29) is 0 Å². The quantitative estimate of drug-likeness (QED) is 0.795. The second kappa shape index (κ2) is 5.13. The first-order valence-electron chi connectivity index (χ1n) is 6.00. The van der Waals surface area contributed by atoms with E-state index < -0.39 is 5.97 Å². The Kier molecular flexibility index (Phi) is 3.57. The zero-order valence-corrected chi connectivity index (χ0v) is 10.0. The Balaban J connectivity index is 2.19. The molecule has 1 N–H and O–H groups in total. The highest BCUT2D eigenvalue weighted by molar-refractivity contribution is 5.86. The molecule has 1 fully saturated rings. The molecule has 0 bridgehead atoms. The Labute approximate surface area is 101 Å². The smallest absolute Gasteiger partial charge is 0.331 e. The van der Waals surface area contributed by atoms with E-state index in [9.17, 15) is 4.79 Å². The molecule has 0 radical (unpaired) electrons. The van der Waals surface area contributed by atoms with Crippen LogP contribution in [0.5, 0.6) is 0 Å². The van der Waals surface area contributed by atoms with Crippen molar-refractivity contribution in [1.82, 2.24) is 4.98 Å². The lowest BCUT2D eigenvalue weighted by atomic mass is 9.80. The van der Waals surface area contributed by atoms with Gasteiger partial charge in [-0.3, -0.25) is 4.98 Å². The summed E-state index contributed by atoms with van der Waals surface area (Å²) in [6.45, 7) is 1.71. The van der Waals surface area contributed by atoms with Crippen LogP contribution in [0.3, 0.4) is 0 Å². The van der Waals surface area contributed by atoms with Gasteiger partial charge >= 0.3 is 5.97 Å². The molecule has 2 rings (SSSR count). The largest absolute Gasteiger partial charge is 0.478 e. The van der Waals surface area contributed by atoms with Crippen molar-refractivity contribution in [3.8, 4) is 0 Å². The number of carbonyl (C=O) groups is 1. The number of nitrogens with zero attached hydrogens (tertiary/aromatic N) is 1. The SMILES string of the molecule is C/C(C(=O)O)=C1/CCCC(c2ccncc2)C1. The molecule has 0 aliphatic heterocycles. The Bertz CT molecular complexity index is 437. The third-order valence-electron chi connectivity index (χ3n) is 3.55. The molecule has 3 heteroatoms. The van der Waals surface area contributed by atoms with Crippen LogP contribution < -0.4 is 0 Å². The molecular weight excluding hydrogens is 214 g/mol. The Hall–Kier alpha value is -1.64. The van der Waals surface area contributed by atoms with Gasteiger partial charge in [-0.05, 0) is 56.2 Å². The molecule has 1 saturated carbocycles. The number of aromatic nitrogens is 1. The normalized spacial score (nSPS) is 23.2. The van der Waals surface area contributed by atoms with Gasteiger partial charge in [-0.25, -0.2) is 4.79 Å². The van der Waals surface area contributed by atoms with Gasteiger partial charge in [0.05, 0.1) is 0 Å². The molecule has 1 aromatic rings. The summed E-state index contributed by atoms with van der Waals surface area (Å²) >= 11 is 0. The lowest BCUT2D eigenvalue weighted by Crippen LogP contribution is -2.11. The van der Waals surface area contributed by atoms with Gasteiger partial charge in [0.1, 0.15) is 0 Å². The number of carboxylic acid groups (broad SMARTS) is 1. The van der Waals surface area contributed by atoms with E-state index in [1.165, 1.54) is 5.56 Å². The van der Waals surface area contributed by atoms with Gasteiger partial charge < -0.3 is 5.11 Å². The first kappa shape index (κ1) is 11.8. The highest BCUT2D eigenvalue weighted by Gasteiger charge is 2.21. The zero-order valence-electron chi connectivity index (χ0n) is 10.0. The standard InChI is InChI=1S/C14H17NO2/c1-10(14(16)17)12-3-2-4-13(9-12)11-5-7-15-8-6-11/h5-8,13H,2-4,9H2,1H3,(H,16,17)/b12-10+. The monoisotopic (exact) mass is 231 g/mol. The number of hydrogen-bond donors (Lipinski definition) is 1. The van der Waals surface area contributed by atoms with E-state index in [0.717, 1.165) is 31.3 Å². The number of hydrogen-bond acceptors (Lipinski definition) is 2. The number of aliphatic carboxylic acids is 1. The minimum Gasteiger partial charge on any atom is -0.478 e. The van der Waals surface area contributed by atoms with Crippen LogP contribution in [0.2, 0.25) is 0 Å². The molecule has 1 heterocycles. The van der Waals surface area contributed by atoms with E-state index in [1.807, 2.05) is 12.1 Å². The van der Waals surface area contributed by atoms with Crippen LogP contribution in [0.15, 0.2) is 35.7 Å². The Morgan fingerprint density at radius 1 is 1.41 bits per heavy atom. The second-order valence-electron chi connectivity index (χ2n) is 4.61. The molecule has 17 heavy (non-hydrogen) atoms. The maximum absolute atomic E-state index is 11.0. The summed E-state index contributed by atoms with van der Waals surface area (Å²) in [7, 11) is 0. The van der Waals surface area contributed by atoms with E-state index in [4.69, 9.17) is 5.11 Å². The van der Waals surface area contributed by atoms with E-state index in [1.54, 1.807) is 19.3 Å². The fraction of sp³-hybridized carbons (Fsp3) is 0.429. The summed E-state index contributed by atoms with van der Waals surface area (Å²) in [5, 5.41) is 9.02. The fourth-order valence-corrected chi connectivity index (χ4v) is 2.48. The van der Waals surface area contributed by atoms with E-state index in [0.29, 0.717) is 11.5 Å². The number of carboxylic acids is 1. The van der Waals surface area contributed by atoms with Crippen LogP contribution in [0.4, 0.5) is 0 Å². The lowest BCUT2D eigenvalue weighted by Gasteiger charge is -2.25.